The normalized spacial score (nSPS) is 14.9. The van der Waals surface area contributed by atoms with Crippen LogP contribution in [0.2, 0.25) is 5.02 Å². The van der Waals surface area contributed by atoms with Gasteiger partial charge in [0.1, 0.15) is 24.7 Å². The summed E-state index contributed by atoms with van der Waals surface area (Å²) < 4.78 is 12.4. The second-order valence-electron chi connectivity index (χ2n) is 6.91. The van der Waals surface area contributed by atoms with Crippen LogP contribution in [0.25, 0.3) is 11.0 Å². The van der Waals surface area contributed by atoms with Crippen LogP contribution in [0.3, 0.4) is 0 Å². The van der Waals surface area contributed by atoms with E-state index < -0.39 is 0 Å². The number of aryl methyl sites for hydroxylation is 1. The smallest absolute Gasteiger partial charge is 0.226 e. The second kappa shape index (κ2) is 8.81. The van der Waals surface area contributed by atoms with Crippen molar-refractivity contribution in [2.45, 2.75) is 0 Å². The topological polar surface area (TPSA) is 90.6 Å². The number of benzene rings is 1. The number of fused-ring (bicyclic) bond motifs is 1. The lowest BCUT2D eigenvalue weighted by Gasteiger charge is -2.23. The summed E-state index contributed by atoms with van der Waals surface area (Å²) in [5.74, 6) is 1.86. The number of halogens is 1. The average molecular weight is 419 g/mol. The van der Waals surface area contributed by atoms with E-state index in [1.165, 1.54) is 4.90 Å². The van der Waals surface area contributed by atoms with Crippen LogP contribution in [0.4, 0.5) is 17.5 Å². The van der Waals surface area contributed by atoms with Crippen molar-refractivity contribution in [1.29, 1.82) is 0 Å². The third-order valence-electron chi connectivity index (χ3n) is 4.97. The number of hydrogen-bond acceptors (Lipinski definition) is 7. The SMILES string of the molecule is COc1ccc(Nc2nc(NCC[NH+]3CCOCC3)nc3c2cnn3C)cc1Cl. The number of methoxy groups -OCH3 is 1. The first-order valence-electron chi connectivity index (χ1n) is 9.59. The Morgan fingerprint density at radius 2 is 2.10 bits per heavy atom. The first kappa shape index (κ1) is 19.7. The molecule has 0 amide bonds. The van der Waals surface area contributed by atoms with Crippen molar-refractivity contribution in [2.75, 3.05) is 57.1 Å². The van der Waals surface area contributed by atoms with E-state index in [0.29, 0.717) is 22.5 Å². The molecule has 1 aliphatic heterocycles. The molecule has 0 bridgehead atoms. The van der Waals surface area contributed by atoms with E-state index in [4.69, 9.17) is 21.1 Å². The van der Waals surface area contributed by atoms with Crippen molar-refractivity contribution in [2.24, 2.45) is 7.05 Å². The molecular weight excluding hydrogens is 394 g/mol. The monoisotopic (exact) mass is 418 g/mol. The highest BCUT2D eigenvalue weighted by atomic mass is 35.5. The number of hydrogen-bond donors (Lipinski definition) is 3. The van der Waals surface area contributed by atoms with Crippen molar-refractivity contribution in [3.8, 4) is 5.75 Å². The molecule has 154 valence electrons. The van der Waals surface area contributed by atoms with E-state index in [1.54, 1.807) is 24.1 Å². The quantitative estimate of drug-likeness (QED) is 0.529. The lowest BCUT2D eigenvalue weighted by atomic mass is 10.3. The van der Waals surface area contributed by atoms with Gasteiger partial charge >= 0.3 is 0 Å². The number of morpholine rings is 1. The van der Waals surface area contributed by atoms with Crippen molar-refractivity contribution < 1.29 is 14.4 Å². The van der Waals surface area contributed by atoms with E-state index in [2.05, 4.69) is 25.7 Å². The minimum Gasteiger partial charge on any atom is -0.495 e. The molecule has 1 aliphatic rings. The first-order chi connectivity index (χ1) is 14.1. The average Bonchev–Trinajstić information content (AvgIpc) is 3.10. The Morgan fingerprint density at radius 3 is 2.86 bits per heavy atom. The molecule has 1 fully saturated rings. The fourth-order valence-corrected chi connectivity index (χ4v) is 3.60. The van der Waals surface area contributed by atoms with Gasteiger partial charge in [0.2, 0.25) is 5.95 Å². The molecule has 2 aromatic heterocycles. The van der Waals surface area contributed by atoms with Crippen LogP contribution in [0, 0.1) is 0 Å². The zero-order chi connectivity index (χ0) is 20.2. The molecule has 29 heavy (non-hydrogen) atoms. The number of anilines is 3. The van der Waals surface area contributed by atoms with Crippen LogP contribution in [-0.2, 0) is 11.8 Å². The number of ether oxygens (including phenoxy) is 2. The maximum absolute atomic E-state index is 6.25. The van der Waals surface area contributed by atoms with Crippen LogP contribution < -0.4 is 20.3 Å². The highest BCUT2D eigenvalue weighted by Crippen LogP contribution is 2.30. The molecule has 4 rings (SSSR count). The largest absolute Gasteiger partial charge is 0.495 e. The minimum absolute atomic E-state index is 0.529. The zero-order valence-electron chi connectivity index (χ0n) is 16.5. The van der Waals surface area contributed by atoms with E-state index in [-0.39, 0.29) is 0 Å². The summed E-state index contributed by atoms with van der Waals surface area (Å²) in [6.07, 6.45) is 1.75. The fourth-order valence-electron chi connectivity index (χ4n) is 3.34. The van der Waals surface area contributed by atoms with Gasteiger partial charge in [-0.3, -0.25) is 4.68 Å². The Balaban J connectivity index is 1.53. The predicted molar refractivity (Wildman–Crippen MR) is 112 cm³/mol. The molecule has 9 nitrogen and oxygen atoms in total. The molecule has 1 saturated heterocycles. The molecule has 0 saturated carbocycles. The van der Waals surface area contributed by atoms with Gasteiger partial charge in [-0.15, -0.1) is 0 Å². The molecule has 3 heterocycles. The molecule has 0 aliphatic carbocycles. The van der Waals surface area contributed by atoms with Crippen LogP contribution >= 0.6 is 11.6 Å². The van der Waals surface area contributed by atoms with Gasteiger partial charge in [0, 0.05) is 12.7 Å². The fraction of sp³-hybridized carbons (Fsp3) is 0.421. The maximum atomic E-state index is 6.25. The first-order valence-corrected chi connectivity index (χ1v) is 9.97. The molecule has 0 spiro atoms. The third kappa shape index (κ3) is 4.52. The number of nitrogens with one attached hydrogen (secondary N) is 3. The second-order valence-corrected chi connectivity index (χ2v) is 7.32. The number of aromatic nitrogens is 4. The molecule has 3 aromatic rings. The van der Waals surface area contributed by atoms with Gasteiger partial charge in [0.05, 0.1) is 50.0 Å². The molecule has 0 atom stereocenters. The van der Waals surface area contributed by atoms with Gasteiger partial charge in [-0.1, -0.05) is 11.6 Å². The van der Waals surface area contributed by atoms with Gasteiger partial charge in [-0.25, -0.2) is 0 Å². The van der Waals surface area contributed by atoms with Gasteiger partial charge in [-0.05, 0) is 18.2 Å². The summed E-state index contributed by atoms with van der Waals surface area (Å²) in [5, 5.41) is 12.4. The number of nitrogens with zero attached hydrogens (tertiary/aromatic N) is 4. The summed E-state index contributed by atoms with van der Waals surface area (Å²) in [6.45, 7) is 5.50. The van der Waals surface area contributed by atoms with Gasteiger partial charge in [0.25, 0.3) is 0 Å². The van der Waals surface area contributed by atoms with Crippen LogP contribution in [0.1, 0.15) is 0 Å². The number of rotatable bonds is 7. The standard InChI is InChI=1S/C19H24ClN7O2/c1-26-18-14(12-22-26)17(23-13-3-4-16(28-2)15(20)11-13)24-19(25-18)21-5-6-27-7-9-29-10-8-27/h3-4,11-12H,5-10H2,1-2H3,(H2,21,23,24,25)/p+1. The summed E-state index contributed by atoms with van der Waals surface area (Å²) in [4.78, 5) is 10.8. The van der Waals surface area contributed by atoms with E-state index >= 15 is 0 Å². The van der Waals surface area contributed by atoms with E-state index in [0.717, 1.165) is 56.1 Å². The van der Waals surface area contributed by atoms with Crippen LogP contribution in [0.15, 0.2) is 24.4 Å². The van der Waals surface area contributed by atoms with Gasteiger partial charge in [0.15, 0.2) is 5.65 Å². The zero-order valence-corrected chi connectivity index (χ0v) is 17.3. The predicted octanol–water partition coefficient (Wildman–Crippen LogP) is 1.10. The Morgan fingerprint density at radius 1 is 1.28 bits per heavy atom. The Labute approximate surface area is 174 Å². The van der Waals surface area contributed by atoms with Crippen LogP contribution in [-0.4, -0.2) is 66.3 Å². The molecule has 1 aromatic carbocycles. The minimum atomic E-state index is 0.529. The highest BCUT2D eigenvalue weighted by molar-refractivity contribution is 6.32. The Kier molecular flexibility index (Phi) is 5.98. The van der Waals surface area contributed by atoms with Crippen molar-refractivity contribution in [1.82, 2.24) is 19.7 Å². The van der Waals surface area contributed by atoms with E-state index in [1.807, 2.05) is 19.2 Å². The Hall–Kier alpha value is -2.62. The molecule has 0 unspecified atom stereocenters. The molecule has 3 N–H and O–H groups in total. The number of quaternary nitrogens is 1. The van der Waals surface area contributed by atoms with E-state index in [9.17, 15) is 0 Å². The van der Waals surface area contributed by atoms with Crippen molar-refractivity contribution >= 4 is 40.1 Å². The summed E-state index contributed by atoms with van der Waals surface area (Å²) in [6, 6.07) is 5.51. The maximum Gasteiger partial charge on any atom is 0.226 e. The lowest BCUT2D eigenvalue weighted by Crippen LogP contribution is -3.14. The molecular formula is C19H25ClN7O2+. The Bertz CT molecular complexity index is 988. The van der Waals surface area contributed by atoms with Crippen LogP contribution in [0.5, 0.6) is 5.75 Å². The van der Waals surface area contributed by atoms with Crippen molar-refractivity contribution in [3.05, 3.63) is 29.4 Å². The summed E-state index contributed by atoms with van der Waals surface area (Å²) >= 11 is 6.25. The third-order valence-corrected chi connectivity index (χ3v) is 5.26. The summed E-state index contributed by atoms with van der Waals surface area (Å²) in [7, 11) is 3.46. The molecule has 0 radical (unpaired) electrons. The van der Waals surface area contributed by atoms with Crippen molar-refractivity contribution in [3.63, 3.8) is 0 Å². The lowest BCUT2D eigenvalue weighted by molar-refractivity contribution is -0.906. The van der Waals surface area contributed by atoms with Gasteiger partial charge in [-0.2, -0.15) is 15.1 Å². The highest BCUT2D eigenvalue weighted by Gasteiger charge is 2.15. The van der Waals surface area contributed by atoms with Gasteiger partial charge < -0.3 is 25.0 Å². The summed E-state index contributed by atoms with van der Waals surface area (Å²) in [5.41, 5.74) is 1.56. The molecule has 10 heteroatoms.